The van der Waals surface area contributed by atoms with Crippen molar-refractivity contribution in [3.8, 4) is 11.1 Å². The number of amides is 1. The minimum Gasteiger partial charge on any atom is -0.325 e. The summed E-state index contributed by atoms with van der Waals surface area (Å²) in [6, 6.07) is 11.5. The lowest BCUT2D eigenvalue weighted by molar-refractivity contribution is -0.119. The van der Waals surface area contributed by atoms with Gasteiger partial charge >= 0.3 is 0 Å². The van der Waals surface area contributed by atoms with E-state index in [0.717, 1.165) is 18.5 Å². The molecule has 1 aliphatic heterocycles. The van der Waals surface area contributed by atoms with E-state index in [9.17, 15) is 9.18 Å². The molecule has 0 bridgehead atoms. The molecule has 1 atom stereocenters. The Morgan fingerprint density at radius 2 is 2.00 bits per heavy atom. The van der Waals surface area contributed by atoms with E-state index in [-0.39, 0.29) is 17.6 Å². The van der Waals surface area contributed by atoms with Crippen molar-refractivity contribution in [3.63, 3.8) is 0 Å². The Morgan fingerprint density at radius 1 is 1.23 bits per heavy atom. The van der Waals surface area contributed by atoms with E-state index in [1.165, 1.54) is 12.1 Å². The van der Waals surface area contributed by atoms with E-state index in [1.807, 2.05) is 12.1 Å². The molecule has 1 unspecified atom stereocenters. The molecule has 0 spiro atoms. The van der Waals surface area contributed by atoms with Crippen molar-refractivity contribution < 1.29 is 9.18 Å². The molecule has 1 fully saturated rings. The van der Waals surface area contributed by atoms with Gasteiger partial charge in [-0.25, -0.2) is 4.39 Å². The quantitative estimate of drug-likeness (QED) is 0.906. The Labute approximate surface area is 133 Å². The van der Waals surface area contributed by atoms with Crippen LogP contribution in [0.2, 0.25) is 5.02 Å². The number of carbonyl (C=O) groups excluding carboxylic acids is 1. The first-order valence-electron chi connectivity index (χ1n) is 7.20. The zero-order valence-corrected chi connectivity index (χ0v) is 12.7. The maximum atomic E-state index is 13.6. The monoisotopic (exact) mass is 318 g/mol. The van der Waals surface area contributed by atoms with Gasteiger partial charge in [0.05, 0.1) is 5.92 Å². The van der Waals surface area contributed by atoms with Gasteiger partial charge in [0.25, 0.3) is 0 Å². The highest BCUT2D eigenvalue weighted by atomic mass is 35.5. The van der Waals surface area contributed by atoms with Gasteiger partial charge in [0.2, 0.25) is 5.91 Å². The lowest BCUT2D eigenvalue weighted by Crippen LogP contribution is -2.24. The van der Waals surface area contributed by atoms with Crippen LogP contribution in [-0.2, 0) is 4.79 Å². The molecule has 5 heteroatoms. The fraction of sp³-hybridized carbons (Fsp3) is 0.235. The molecule has 1 heterocycles. The lowest BCUT2D eigenvalue weighted by Gasteiger charge is -2.14. The molecule has 1 saturated heterocycles. The number of hydrogen-bond acceptors (Lipinski definition) is 2. The van der Waals surface area contributed by atoms with Crippen LogP contribution in [0.25, 0.3) is 11.1 Å². The molecule has 22 heavy (non-hydrogen) atoms. The molecule has 0 aliphatic carbocycles. The Hall–Kier alpha value is -1.91. The number of halogens is 2. The Bertz CT molecular complexity index is 682. The molecule has 0 saturated carbocycles. The van der Waals surface area contributed by atoms with Crippen LogP contribution in [0.15, 0.2) is 42.5 Å². The van der Waals surface area contributed by atoms with Crippen molar-refractivity contribution in [2.45, 2.75) is 6.42 Å². The van der Waals surface area contributed by atoms with Crippen LogP contribution >= 0.6 is 11.6 Å². The minimum atomic E-state index is -0.342. The summed E-state index contributed by atoms with van der Waals surface area (Å²) in [5.74, 6) is -0.416. The van der Waals surface area contributed by atoms with E-state index in [4.69, 9.17) is 11.6 Å². The number of carbonyl (C=O) groups is 1. The van der Waals surface area contributed by atoms with Crippen LogP contribution in [-0.4, -0.2) is 19.0 Å². The van der Waals surface area contributed by atoms with Crippen LogP contribution in [0.5, 0.6) is 0 Å². The zero-order valence-electron chi connectivity index (χ0n) is 11.9. The number of anilines is 1. The normalized spacial score (nSPS) is 17.5. The van der Waals surface area contributed by atoms with Gasteiger partial charge < -0.3 is 10.6 Å². The Morgan fingerprint density at radius 3 is 2.68 bits per heavy atom. The predicted octanol–water partition coefficient (Wildman–Crippen LogP) is 3.69. The molecule has 1 amide bonds. The predicted molar refractivity (Wildman–Crippen MR) is 86.5 cm³/mol. The van der Waals surface area contributed by atoms with Gasteiger partial charge in [-0.15, -0.1) is 0 Å². The first-order valence-corrected chi connectivity index (χ1v) is 7.58. The van der Waals surface area contributed by atoms with Crippen molar-refractivity contribution >= 4 is 23.2 Å². The van der Waals surface area contributed by atoms with Crippen LogP contribution < -0.4 is 10.6 Å². The van der Waals surface area contributed by atoms with Gasteiger partial charge in [-0.3, -0.25) is 4.79 Å². The third-order valence-electron chi connectivity index (χ3n) is 3.83. The number of benzene rings is 2. The SMILES string of the molecule is O=C(Nc1ccc(F)cc1-c1ccc(Cl)cc1)C1CCNC1. The molecule has 2 aromatic carbocycles. The second-order valence-electron chi connectivity index (χ2n) is 5.38. The van der Waals surface area contributed by atoms with Crippen LogP contribution in [0.4, 0.5) is 10.1 Å². The standard InChI is InChI=1S/C17H16ClFN2O/c18-13-3-1-11(2-4-13)15-9-14(19)5-6-16(15)21-17(22)12-7-8-20-10-12/h1-6,9,12,20H,7-8,10H2,(H,21,22). The van der Waals surface area contributed by atoms with Crippen molar-refractivity contribution in [2.24, 2.45) is 5.92 Å². The first-order chi connectivity index (χ1) is 10.6. The van der Waals surface area contributed by atoms with Gasteiger partial charge in [0.15, 0.2) is 0 Å². The molecule has 0 radical (unpaired) electrons. The summed E-state index contributed by atoms with van der Waals surface area (Å²) < 4.78 is 13.6. The zero-order chi connectivity index (χ0) is 15.5. The molecular formula is C17H16ClFN2O. The average Bonchev–Trinajstić information content (AvgIpc) is 3.04. The van der Waals surface area contributed by atoms with E-state index in [2.05, 4.69) is 10.6 Å². The molecule has 2 N–H and O–H groups in total. The molecular weight excluding hydrogens is 303 g/mol. The Balaban J connectivity index is 1.90. The topological polar surface area (TPSA) is 41.1 Å². The number of rotatable bonds is 3. The van der Waals surface area contributed by atoms with Gasteiger partial charge in [-0.2, -0.15) is 0 Å². The summed E-state index contributed by atoms with van der Waals surface area (Å²) in [6.07, 6.45) is 0.823. The molecule has 3 rings (SSSR count). The summed E-state index contributed by atoms with van der Waals surface area (Å²) >= 11 is 5.89. The fourth-order valence-electron chi connectivity index (χ4n) is 2.61. The molecule has 114 valence electrons. The number of nitrogens with one attached hydrogen (secondary N) is 2. The highest BCUT2D eigenvalue weighted by Crippen LogP contribution is 2.30. The average molecular weight is 319 g/mol. The first kappa shape index (κ1) is 15.0. The van der Waals surface area contributed by atoms with E-state index >= 15 is 0 Å². The summed E-state index contributed by atoms with van der Waals surface area (Å²) in [5.41, 5.74) is 2.07. The van der Waals surface area contributed by atoms with Gasteiger partial charge in [0, 0.05) is 22.8 Å². The maximum absolute atomic E-state index is 13.6. The van der Waals surface area contributed by atoms with Crippen LogP contribution in [0.3, 0.4) is 0 Å². The maximum Gasteiger partial charge on any atom is 0.228 e. The van der Waals surface area contributed by atoms with E-state index in [0.29, 0.717) is 22.8 Å². The lowest BCUT2D eigenvalue weighted by atomic mass is 10.0. The largest absolute Gasteiger partial charge is 0.325 e. The second-order valence-corrected chi connectivity index (χ2v) is 5.81. The third kappa shape index (κ3) is 3.29. The highest BCUT2D eigenvalue weighted by molar-refractivity contribution is 6.30. The fourth-order valence-corrected chi connectivity index (χ4v) is 2.73. The summed E-state index contributed by atoms with van der Waals surface area (Å²) in [6.45, 7) is 1.54. The summed E-state index contributed by atoms with van der Waals surface area (Å²) in [7, 11) is 0. The van der Waals surface area contributed by atoms with E-state index < -0.39 is 0 Å². The van der Waals surface area contributed by atoms with E-state index in [1.54, 1.807) is 18.2 Å². The van der Waals surface area contributed by atoms with Gasteiger partial charge in [0.1, 0.15) is 5.82 Å². The third-order valence-corrected chi connectivity index (χ3v) is 4.08. The van der Waals surface area contributed by atoms with Crippen LogP contribution in [0.1, 0.15) is 6.42 Å². The van der Waals surface area contributed by atoms with Crippen molar-refractivity contribution in [3.05, 3.63) is 53.3 Å². The minimum absolute atomic E-state index is 0.0354. The van der Waals surface area contributed by atoms with Crippen molar-refractivity contribution in [1.29, 1.82) is 0 Å². The van der Waals surface area contributed by atoms with Gasteiger partial charge in [-0.1, -0.05) is 23.7 Å². The highest BCUT2D eigenvalue weighted by Gasteiger charge is 2.23. The molecule has 2 aromatic rings. The van der Waals surface area contributed by atoms with Crippen molar-refractivity contribution in [1.82, 2.24) is 5.32 Å². The summed E-state index contributed by atoms with van der Waals surface area (Å²) in [5, 5.41) is 6.69. The Kier molecular flexibility index (Phi) is 4.41. The second kappa shape index (κ2) is 6.46. The summed E-state index contributed by atoms with van der Waals surface area (Å²) in [4.78, 5) is 12.3. The number of hydrogen-bond donors (Lipinski definition) is 2. The van der Waals surface area contributed by atoms with Crippen molar-refractivity contribution in [2.75, 3.05) is 18.4 Å². The molecule has 1 aliphatic rings. The molecule has 3 nitrogen and oxygen atoms in total. The molecule has 0 aromatic heterocycles. The van der Waals surface area contributed by atoms with Gasteiger partial charge in [-0.05, 0) is 48.9 Å². The van der Waals surface area contributed by atoms with Crippen LogP contribution in [0, 0.1) is 11.7 Å². The smallest absolute Gasteiger partial charge is 0.228 e.